The van der Waals surface area contributed by atoms with Crippen LogP contribution >= 0.6 is 0 Å². The summed E-state index contributed by atoms with van der Waals surface area (Å²) in [5.74, 6) is 0.452. The Balaban J connectivity index is 2.35. The second-order valence-electron chi connectivity index (χ2n) is 5.32. The fourth-order valence-electron chi connectivity index (χ4n) is 1.99. The van der Waals surface area contributed by atoms with E-state index in [1.54, 1.807) is 7.11 Å². The monoisotopic (exact) mass is 360 g/mol. The fourth-order valence-corrected chi connectivity index (χ4v) is 1.99. The summed E-state index contributed by atoms with van der Waals surface area (Å²) in [7, 11) is 4.23. The number of amides is 1. The molecule has 0 bridgehead atoms. The average molecular weight is 360 g/mol. The maximum atomic E-state index is 12.2. The van der Waals surface area contributed by atoms with Crippen LogP contribution in [0.4, 0.5) is 13.2 Å². The second kappa shape index (κ2) is 9.75. The summed E-state index contributed by atoms with van der Waals surface area (Å²) in [6.45, 7) is -0.996. The van der Waals surface area contributed by atoms with Crippen molar-refractivity contribution in [3.8, 4) is 5.75 Å². The molecule has 1 rings (SSSR count). The Morgan fingerprint density at radius 1 is 1.24 bits per heavy atom. The molecule has 2 N–H and O–H groups in total. The number of alkyl halides is 3. The number of ether oxygens (including phenoxy) is 1. The van der Waals surface area contributed by atoms with E-state index in [0.717, 1.165) is 18.4 Å². The first-order valence-corrected chi connectivity index (χ1v) is 7.63. The first-order valence-electron chi connectivity index (χ1n) is 7.63. The molecule has 25 heavy (non-hydrogen) atoms. The number of nitrogens with one attached hydrogen (secondary N) is 2. The quantitative estimate of drug-likeness (QED) is 0.570. The Labute approximate surface area is 145 Å². The SMILES string of the molecule is CN=C(NCCc1ccc(OC)cc1)NCC(=O)N(C)CC(F)(F)F. The zero-order valence-corrected chi connectivity index (χ0v) is 14.5. The van der Waals surface area contributed by atoms with E-state index in [0.29, 0.717) is 23.8 Å². The van der Waals surface area contributed by atoms with Crippen molar-refractivity contribution >= 4 is 11.9 Å². The van der Waals surface area contributed by atoms with E-state index in [-0.39, 0.29) is 6.54 Å². The summed E-state index contributed by atoms with van der Waals surface area (Å²) in [5, 5.41) is 5.70. The number of hydrogen-bond acceptors (Lipinski definition) is 3. The molecule has 1 amide bonds. The molecule has 0 fully saturated rings. The third-order valence-corrected chi connectivity index (χ3v) is 3.34. The molecule has 1 aromatic carbocycles. The molecule has 1 aromatic rings. The van der Waals surface area contributed by atoms with Crippen LogP contribution in [0.25, 0.3) is 0 Å². The number of methoxy groups -OCH3 is 1. The summed E-state index contributed by atoms with van der Waals surface area (Å²) in [6, 6.07) is 7.59. The number of carbonyl (C=O) groups is 1. The molecular formula is C16H23F3N4O2. The molecule has 140 valence electrons. The van der Waals surface area contributed by atoms with E-state index in [1.165, 1.54) is 7.05 Å². The zero-order valence-electron chi connectivity index (χ0n) is 14.5. The van der Waals surface area contributed by atoms with Crippen molar-refractivity contribution in [3.63, 3.8) is 0 Å². The Morgan fingerprint density at radius 3 is 2.40 bits per heavy atom. The predicted octanol–water partition coefficient (Wildman–Crippen LogP) is 1.42. The summed E-state index contributed by atoms with van der Waals surface area (Å²) in [4.78, 5) is 16.2. The van der Waals surface area contributed by atoms with Crippen molar-refractivity contribution in [3.05, 3.63) is 29.8 Å². The van der Waals surface area contributed by atoms with Gasteiger partial charge in [0.2, 0.25) is 5.91 Å². The van der Waals surface area contributed by atoms with Gasteiger partial charge in [0.25, 0.3) is 0 Å². The van der Waals surface area contributed by atoms with Crippen LogP contribution in [0.2, 0.25) is 0 Å². The minimum atomic E-state index is -4.41. The molecule has 0 atom stereocenters. The highest BCUT2D eigenvalue weighted by Gasteiger charge is 2.31. The first-order chi connectivity index (χ1) is 11.7. The highest BCUT2D eigenvalue weighted by atomic mass is 19.4. The van der Waals surface area contributed by atoms with E-state index < -0.39 is 18.6 Å². The smallest absolute Gasteiger partial charge is 0.406 e. The number of likely N-dealkylation sites (N-methyl/N-ethyl adjacent to an activating group) is 1. The predicted molar refractivity (Wildman–Crippen MR) is 89.8 cm³/mol. The molecule has 0 radical (unpaired) electrons. The van der Waals surface area contributed by atoms with Crippen LogP contribution in [0.1, 0.15) is 5.56 Å². The van der Waals surface area contributed by atoms with Crippen molar-refractivity contribution < 1.29 is 22.7 Å². The number of benzene rings is 1. The number of hydrogen-bond donors (Lipinski definition) is 2. The van der Waals surface area contributed by atoms with Crippen molar-refractivity contribution in [1.82, 2.24) is 15.5 Å². The van der Waals surface area contributed by atoms with E-state index >= 15 is 0 Å². The van der Waals surface area contributed by atoms with Gasteiger partial charge >= 0.3 is 6.18 Å². The maximum Gasteiger partial charge on any atom is 0.406 e. The maximum absolute atomic E-state index is 12.2. The third kappa shape index (κ3) is 8.27. The van der Waals surface area contributed by atoms with Gasteiger partial charge in [-0.1, -0.05) is 12.1 Å². The second-order valence-corrected chi connectivity index (χ2v) is 5.32. The molecule has 0 spiro atoms. The first kappa shape index (κ1) is 20.6. The summed E-state index contributed by atoms with van der Waals surface area (Å²) in [6.07, 6.45) is -3.70. The number of rotatable bonds is 7. The van der Waals surface area contributed by atoms with Crippen LogP contribution < -0.4 is 15.4 Å². The summed E-state index contributed by atoms with van der Waals surface area (Å²) < 4.78 is 41.8. The van der Waals surface area contributed by atoms with E-state index in [1.807, 2.05) is 24.3 Å². The van der Waals surface area contributed by atoms with E-state index in [2.05, 4.69) is 15.6 Å². The van der Waals surface area contributed by atoms with Gasteiger partial charge in [-0.2, -0.15) is 13.2 Å². The van der Waals surface area contributed by atoms with Crippen LogP contribution in [0.5, 0.6) is 5.75 Å². The molecule has 0 aliphatic rings. The lowest BCUT2D eigenvalue weighted by atomic mass is 10.1. The van der Waals surface area contributed by atoms with Gasteiger partial charge in [0.05, 0.1) is 13.7 Å². The Kier molecular flexibility index (Phi) is 8.03. The highest BCUT2D eigenvalue weighted by Crippen LogP contribution is 2.15. The van der Waals surface area contributed by atoms with Crippen molar-refractivity contribution in [1.29, 1.82) is 0 Å². The molecule has 6 nitrogen and oxygen atoms in total. The Bertz CT molecular complexity index is 574. The topological polar surface area (TPSA) is 66.0 Å². The van der Waals surface area contributed by atoms with Gasteiger partial charge in [-0.15, -0.1) is 0 Å². The Morgan fingerprint density at radius 2 is 1.88 bits per heavy atom. The van der Waals surface area contributed by atoms with Gasteiger partial charge in [-0.25, -0.2) is 0 Å². The molecule has 0 unspecified atom stereocenters. The lowest BCUT2D eigenvalue weighted by Crippen LogP contribution is -2.45. The Hall–Kier alpha value is -2.45. The number of aliphatic imine (C=N–C) groups is 1. The van der Waals surface area contributed by atoms with Crippen LogP contribution in [0, 0.1) is 0 Å². The fraction of sp³-hybridized carbons (Fsp3) is 0.500. The van der Waals surface area contributed by atoms with Crippen molar-refractivity contribution in [2.75, 3.05) is 40.8 Å². The normalized spacial score (nSPS) is 11.8. The molecule has 0 heterocycles. The molecule has 0 saturated heterocycles. The van der Waals surface area contributed by atoms with Gasteiger partial charge in [-0.3, -0.25) is 9.79 Å². The van der Waals surface area contributed by atoms with Crippen molar-refractivity contribution in [2.45, 2.75) is 12.6 Å². The van der Waals surface area contributed by atoms with Gasteiger partial charge in [-0.05, 0) is 24.1 Å². The lowest BCUT2D eigenvalue weighted by Gasteiger charge is -2.20. The standard InChI is InChI=1S/C16H23F3N4O2/c1-20-15(22-10-14(24)23(2)11-16(17,18)19)21-9-8-12-4-6-13(25-3)7-5-12/h4-7H,8-11H2,1-3H3,(H2,20,21,22). The van der Waals surface area contributed by atoms with Gasteiger partial charge in [0.1, 0.15) is 12.3 Å². The molecular weight excluding hydrogens is 337 g/mol. The summed E-state index contributed by atoms with van der Waals surface area (Å²) in [5.41, 5.74) is 1.09. The zero-order chi connectivity index (χ0) is 18.9. The lowest BCUT2D eigenvalue weighted by molar-refractivity contribution is -0.157. The van der Waals surface area contributed by atoms with E-state index in [4.69, 9.17) is 4.74 Å². The molecule has 0 aliphatic heterocycles. The van der Waals surface area contributed by atoms with E-state index in [9.17, 15) is 18.0 Å². The molecule has 9 heteroatoms. The van der Waals surface area contributed by atoms with Crippen LogP contribution in [0.3, 0.4) is 0 Å². The highest BCUT2D eigenvalue weighted by molar-refractivity contribution is 5.86. The minimum Gasteiger partial charge on any atom is -0.497 e. The van der Waals surface area contributed by atoms with Gasteiger partial charge in [0, 0.05) is 20.6 Å². The third-order valence-electron chi connectivity index (χ3n) is 3.34. The molecule has 0 aromatic heterocycles. The van der Waals surface area contributed by atoms with Crippen molar-refractivity contribution in [2.24, 2.45) is 4.99 Å². The number of carbonyl (C=O) groups excluding carboxylic acids is 1. The number of nitrogens with zero attached hydrogens (tertiary/aromatic N) is 2. The van der Waals surface area contributed by atoms with Crippen LogP contribution in [0.15, 0.2) is 29.3 Å². The number of guanidine groups is 1. The molecule has 0 aliphatic carbocycles. The minimum absolute atomic E-state index is 0.269. The number of halogens is 3. The largest absolute Gasteiger partial charge is 0.497 e. The van der Waals surface area contributed by atoms with Gasteiger partial charge in [0.15, 0.2) is 5.96 Å². The van der Waals surface area contributed by atoms with Gasteiger partial charge < -0.3 is 20.3 Å². The average Bonchev–Trinajstić information content (AvgIpc) is 2.56. The van der Waals surface area contributed by atoms with Crippen LogP contribution in [-0.2, 0) is 11.2 Å². The van der Waals surface area contributed by atoms with Crippen LogP contribution in [-0.4, -0.2) is 63.8 Å². The summed E-state index contributed by atoms with van der Waals surface area (Å²) >= 11 is 0. The molecule has 0 saturated carbocycles.